The maximum absolute atomic E-state index is 12.1. The predicted octanol–water partition coefficient (Wildman–Crippen LogP) is 3.45. The Morgan fingerprint density at radius 2 is 1.71 bits per heavy atom. The van der Waals surface area contributed by atoms with Crippen LogP contribution in [0.15, 0.2) is 24.3 Å². The average molecular weight is 290 g/mol. The van der Waals surface area contributed by atoms with Crippen molar-refractivity contribution in [3.8, 4) is 0 Å². The summed E-state index contributed by atoms with van der Waals surface area (Å²) in [4.78, 5) is 12.1. The fourth-order valence-electron chi connectivity index (χ4n) is 2.23. The van der Waals surface area contributed by atoms with Crippen LogP contribution in [0.5, 0.6) is 0 Å². The minimum absolute atomic E-state index is 0.0635. The van der Waals surface area contributed by atoms with Crippen LogP contribution in [0.4, 0.5) is 0 Å². The molecule has 3 nitrogen and oxygen atoms in total. The van der Waals surface area contributed by atoms with Crippen molar-refractivity contribution >= 4 is 5.91 Å². The maximum Gasteiger partial charge on any atom is 0.234 e. The highest BCUT2D eigenvalue weighted by Crippen LogP contribution is 2.22. The lowest BCUT2D eigenvalue weighted by Crippen LogP contribution is -2.40. The first-order valence-corrected chi connectivity index (χ1v) is 8.09. The SMILES string of the molecule is CCc1ccc(C(NC(=O)CNC(C)CC)C(C)C)cc1. The molecule has 0 aliphatic carbocycles. The van der Waals surface area contributed by atoms with Crippen molar-refractivity contribution in [3.63, 3.8) is 0 Å². The van der Waals surface area contributed by atoms with Gasteiger partial charge in [0.2, 0.25) is 5.91 Å². The Bertz CT molecular complexity index is 425. The molecule has 0 radical (unpaired) electrons. The van der Waals surface area contributed by atoms with Gasteiger partial charge < -0.3 is 10.6 Å². The number of nitrogens with one attached hydrogen (secondary N) is 2. The van der Waals surface area contributed by atoms with E-state index in [4.69, 9.17) is 0 Å². The van der Waals surface area contributed by atoms with E-state index < -0.39 is 0 Å². The molecule has 0 aliphatic rings. The summed E-state index contributed by atoms with van der Waals surface area (Å²) in [7, 11) is 0. The molecule has 118 valence electrons. The van der Waals surface area contributed by atoms with Crippen LogP contribution < -0.4 is 10.6 Å². The number of hydrogen-bond acceptors (Lipinski definition) is 2. The summed E-state index contributed by atoms with van der Waals surface area (Å²) in [6.07, 6.45) is 2.07. The third-order valence-corrected chi connectivity index (χ3v) is 3.95. The van der Waals surface area contributed by atoms with Crippen LogP contribution in [0, 0.1) is 5.92 Å². The molecule has 0 saturated heterocycles. The summed E-state index contributed by atoms with van der Waals surface area (Å²) in [6.45, 7) is 11.0. The molecule has 3 heteroatoms. The number of carbonyl (C=O) groups is 1. The van der Waals surface area contributed by atoms with Crippen molar-refractivity contribution < 1.29 is 4.79 Å². The molecule has 0 aromatic heterocycles. The highest BCUT2D eigenvalue weighted by atomic mass is 16.2. The zero-order valence-corrected chi connectivity index (χ0v) is 14.1. The molecule has 1 aromatic rings. The molecule has 0 spiro atoms. The first-order chi connectivity index (χ1) is 9.97. The number of amides is 1. The van der Waals surface area contributed by atoms with E-state index in [2.05, 4.69) is 69.5 Å². The summed E-state index contributed by atoms with van der Waals surface area (Å²) in [5.41, 5.74) is 2.50. The normalized spacial score (nSPS) is 14.0. The fourth-order valence-corrected chi connectivity index (χ4v) is 2.23. The van der Waals surface area contributed by atoms with E-state index in [9.17, 15) is 4.79 Å². The Hall–Kier alpha value is -1.35. The maximum atomic E-state index is 12.1. The van der Waals surface area contributed by atoms with E-state index >= 15 is 0 Å². The second-order valence-electron chi connectivity index (χ2n) is 6.07. The summed E-state index contributed by atoms with van der Waals surface area (Å²) in [5, 5.41) is 6.38. The second-order valence-corrected chi connectivity index (χ2v) is 6.07. The standard InChI is InChI=1S/C18H30N2O/c1-6-14(5)19-12-17(21)20-18(13(3)4)16-10-8-15(7-2)9-11-16/h8-11,13-14,18-19H,6-7,12H2,1-5H3,(H,20,21). The van der Waals surface area contributed by atoms with E-state index in [0.29, 0.717) is 18.5 Å². The van der Waals surface area contributed by atoms with Gasteiger partial charge in [0, 0.05) is 6.04 Å². The Morgan fingerprint density at radius 3 is 2.19 bits per heavy atom. The van der Waals surface area contributed by atoms with E-state index in [-0.39, 0.29) is 11.9 Å². The third kappa shape index (κ3) is 5.88. The van der Waals surface area contributed by atoms with Crippen LogP contribution >= 0.6 is 0 Å². The highest BCUT2D eigenvalue weighted by molar-refractivity contribution is 5.78. The van der Waals surface area contributed by atoms with Gasteiger partial charge in [0.25, 0.3) is 0 Å². The molecule has 1 amide bonds. The number of hydrogen-bond donors (Lipinski definition) is 2. The molecule has 21 heavy (non-hydrogen) atoms. The lowest BCUT2D eigenvalue weighted by atomic mass is 9.95. The van der Waals surface area contributed by atoms with Crippen molar-refractivity contribution in [1.82, 2.24) is 10.6 Å². The van der Waals surface area contributed by atoms with Crippen LogP contribution in [0.2, 0.25) is 0 Å². The molecule has 0 bridgehead atoms. The molecule has 1 aromatic carbocycles. The van der Waals surface area contributed by atoms with E-state index in [1.54, 1.807) is 0 Å². The Balaban J connectivity index is 2.66. The van der Waals surface area contributed by atoms with Crippen molar-refractivity contribution in [1.29, 1.82) is 0 Å². The molecule has 1 rings (SSSR count). The molecule has 0 saturated carbocycles. The summed E-state index contributed by atoms with van der Waals surface area (Å²) < 4.78 is 0. The quantitative estimate of drug-likeness (QED) is 0.770. The number of aryl methyl sites for hydroxylation is 1. The first kappa shape index (κ1) is 17.7. The number of carbonyl (C=O) groups excluding carboxylic acids is 1. The van der Waals surface area contributed by atoms with Gasteiger partial charge in [-0.05, 0) is 36.8 Å². The molecule has 2 unspecified atom stereocenters. The van der Waals surface area contributed by atoms with Gasteiger partial charge in [-0.3, -0.25) is 4.79 Å². The van der Waals surface area contributed by atoms with Crippen LogP contribution in [-0.4, -0.2) is 18.5 Å². The summed E-state index contributed by atoms with van der Waals surface area (Å²) >= 11 is 0. The van der Waals surface area contributed by atoms with Gasteiger partial charge in [0.05, 0.1) is 12.6 Å². The molecule has 2 N–H and O–H groups in total. The lowest BCUT2D eigenvalue weighted by molar-refractivity contribution is -0.121. The van der Waals surface area contributed by atoms with Crippen LogP contribution in [-0.2, 0) is 11.2 Å². The van der Waals surface area contributed by atoms with E-state index in [0.717, 1.165) is 12.8 Å². The van der Waals surface area contributed by atoms with Crippen LogP contribution in [0.3, 0.4) is 0 Å². The van der Waals surface area contributed by atoms with Gasteiger partial charge in [-0.1, -0.05) is 52.0 Å². The van der Waals surface area contributed by atoms with Crippen molar-refractivity contribution in [2.45, 2.75) is 59.5 Å². The monoisotopic (exact) mass is 290 g/mol. The van der Waals surface area contributed by atoms with Gasteiger partial charge >= 0.3 is 0 Å². The summed E-state index contributed by atoms with van der Waals surface area (Å²) in [6, 6.07) is 9.00. The number of rotatable bonds is 8. The predicted molar refractivity (Wildman–Crippen MR) is 89.3 cm³/mol. The van der Waals surface area contributed by atoms with Crippen LogP contribution in [0.1, 0.15) is 58.2 Å². The fraction of sp³-hybridized carbons (Fsp3) is 0.611. The number of benzene rings is 1. The minimum atomic E-state index is 0.0635. The molecule has 2 atom stereocenters. The van der Waals surface area contributed by atoms with Gasteiger partial charge in [-0.15, -0.1) is 0 Å². The van der Waals surface area contributed by atoms with Crippen LogP contribution in [0.25, 0.3) is 0 Å². The van der Waals surface area contributed by atoms with Gasteiger partial charge in [-0.2, -0.15) is 0 Å². The van der Waals surface area contributed by atoms with Crippen molar-refractivity contribution in [2.75, 3.05) is 6.54 Å². The molecule has 0 fully saturated rings. The zero-order valence-electron chi connectivity index (χ0n) is 14.1. The zero-order chi connectivity index (χ0) is 15.8. The van der Waals surface area contributed by atoms with Gasteiger partial charge in [0.15, 0.2) is 0 Å². The average Bonchev–Trinajstić information content (AvgIpc) is 2.50. The van der Waals surface area contributed by atoms with Gasteiger partial charge in [0.1, 0.15) is 0 Å². The Labute approximate surface area is 129 Å². The second kappa shape index (κ2) is 8.83. The third-order valence-electron chi connectivity index (χ3n) is 3.95. The molecule has 0 aliphatic heterocycles. The smallest absolute Gasteiger partial charge is 0.234 e. The van der Waals surface area contributed by atoms with Crippen molar-refractivity contribution in [2.24, 2.45) is 5.92 Å². The largest absolute Gasteiger partial charge is 0.348 e. The summed E-state index contributed by atoms with van der Waals surface area (Å²) in [5.74, 6) is 0.429. The first-order valence-electron chi connectivity index (χ1n) is 8.09. The van der Waals surface area contributed by atoms with E-state index in [1.807, 2.05) is 0 Å². The lowest BCUT2D eigenvalue weighted by Gasteiger charge is -2.24. The van der Waals surface area contributed by atoms with E-state index in [1.165, 1.54) is 11.1 Å². The van der Waals surface area contributed by atoms with Gasteiger partial charge in [-0.25, -0.2) is 0 Å². The topological polar surface area (TPSA) is 41.1 Å². The Kier molecular flexibility index (Phi) is 7.44. The highest BCUT2D eigenvalue weighted by Gasteiger charge is 2.18. The molecule has 0 heterocycles. The molecular formula is C18H30N2O. The minimum Gasteiger partial charge on any atom is -0.348 e. The van der Waals surface area contributed by atoms with Crippen molar-refractivity contribution in [3.05, 3.63) is 35.4 Å². The molecular weight excluding hydrogens is 260 g/mol. The Morgan fingerprint density at radius 1 is 1.10 bits per heavy atom.